The summed E-state index contributed by atoms with van der Waals surface area (Å²) >= 11 is 0. The Morgan fingerprint density at radius 3 is 2.48 bits per heavy atom. The number of methoxy groups -OCH3 is 1. The summed E-state index contributed by atoms with van der Waals surface area (Å²) in [5, 5.41) is 3.16. The lowest BCUT2D eigenvalue weighted by atomic mass is 9.98. The molecule has 5 nitrogen and oxygen atoms in total. The summed E-state index contributed by atoms with van der Waals surface area (Å²) in [6.07, 6.45) is 0. The highest BCUT2D eigenvalue weighted by Crippen LogP contribution is 2.36. The first-order valence-corrected chi connectivity index (χ1v) is 7.35. The summed E-state index contributed by atoms with van der Waals surface area (Å²) in [5.74, 6) is -0.759. The molecular formula is C18H18N2O3. The van der Waals surface area contributed by atoms with Crippen molar-refractivity contribution < 1.29 is 14.3 Å². The van der Waals surface area contributed by atoms with Crippen molar-refractivity contribution in [2.75, 3.05) is 17.3 Å². The molecule has 118 valence electrons. The molecule has 0 saturated carbocycles. The smallest absolute Gasteiger partial charge is 0.352 e. The molecule has 0 saturated heterocycles. The molecule has 1 heterocycles. The Labute approximate surface area is 134 Å². The fourth-order valence-electron chi connectivity index (χ4n) is 2.93. The molecule has 1 aliphatic rings. The van der Waals surface area contributed by atoms with E-state index >= 15 is 0 Å². The minimum absolute atomic E-state index is 0.235. The Balaban J connectivity index is 2.23. The molecule has 0 aromatic heterocycles. The molecule has 2 aromatic rings. The summed E-state index contributed by atoms with van der Waals surface area (Å²) in [4.78, 5) is 27.0. The van der Waals surface area contributed by atoms with E-state index in [4.69, 9.17) is 4.74 Å². The molecule has 0 radical (unpaired) electrons. The Hall–Kier alpha value is -2.82. The molecule has 1 amide bonds. The number of hydrogen-bond donors (Lipinski definition) is 1. The van der Waals surface area contributed by atoms with Crippen molar-refractivity contribution in [3.05, 3.63) is 59.7 Å². The molecule has 1 aliphatic heterocycles. The van der Waals surface area contributed by atoms with E-state index in [2.05, 4.69) is 5.32 Å². The SMILES string of the molecule is COC(=O)[C@@]1(C)Nc2ccccc2C(=O)N1c1ccccc1C. The molecule has 1 N–H and O–H groups in total. The highest BCUT2D eigenvalue weighted by molar-refractivity contribution is 6.17. The number of esters is 1. The number of carbonyl (C=O) groups is 2. The monoisotopic (exact) mass is 310 g/mol. The molecule has 1 atom stereocenters. The molecule has 0 bridgehead atoms. The number of nitrogens with zero attached hydrogens (tertiary/aromatic N) is 1. The van der Waals surface area contributed by atoms with Gasteiger partial charge in [0.05, 0.1) is 12.7 Å². The summed E-state index contributed by atoms with van der Waals surface area (Å²) in [6.45, 7) is 3.56. The maximum Gasteiger partial charge on any atom is 0.352 e. The number of anilines is 2. The van der Waals surface area contributed by atoms with Crippen LogP contribution in [0.4, 0.5) is 11.4 Å². The van der Waals surface area contributed by atoms with Gasteiger partial charge in [-0.25, -0.2) is 4.79 Å². The van der Waals surface area contributed by atoms with Gasteiger partial charge < -0.3 is 10.1 Å². The summed E-state index contributed by atoms with van der Waals surface area (Å²) in [5.41, 5.74) is 1.41. The topological polar surface area (TPSA) is 58.6 Å². The Kier molecular flexibility index (Phi) is 3.56. The van der Waals surface area contributed by atoms with E-state index < -0.39 is 11.6 Å². The van der Waals surface area contributed by atoms with E-state index in [-0.39, 0.29) is 5.91 Å². The minimum Gasteiger partial charge on any atom is -0.466 e. The highest BCUT2D eigenvalue weighted by Gasteiger charge is 2.49. The Morgan fingerprint density at radius 2 is 1.78 bits per heavy atom. The predicted octanol–water partition coefficient (Wildman–Crippen LogP) is 2.96. The molecule has 0 fully saturated rings. The van der Waals surface area contributed by atoms with E-state index in [1.165, 1.54) is 12.0 Å². The van der Waals surface area contributed by atoms with Crippen molar-refractivity contribution in [1.29, 1.82) is 0 Å². The van der Waals surface area contributed by atoms with Crippen LogP contribution in [0.1, 0.15) is 22.8 Å². The quantitative estimate of drug-likeness (QED) is 0.866. The number of para-hydroxylation sites is 2. The highest BCUT2D eigenvalue weighted by atomic mass is 16.5. The lowest BCUT2D eigenvalue weighted by Gasteiger charge is -2.44. The summed E-state index contributed by atoms with van der Waals surface area (Å²) in [7, 11) is 1.32. The number of hydrogen-bond acceptors (Lipinski definition) is 4. The number of nitrogens with one attached hydrogen (secondary N) is 1. The van der Waals surface area contributed by atoms with Gasteiger partial charge in [0, 0.05) is 11.4 Å². The first-order valence-electron chi connectivity index (χ1n) is 7.35. The largest absolute Gasteiger partial charge is 0.466 e. The van der Waals surface area contributed by atoms with Crippen LogP contribution in [0, 0.1) is 6.92 Å². The van der Waals surface area contributed by atoms with Crippen LogP contribution in [0.3, 0.4) is 0 Å². The van der Waals surface area contributed by atoms with Crippen LogP contribution in [0.25, 0.3) is 0 Å². The standard InChI is InChI=1S/C18H18N2O3/c1-12-8-4-7-11-15(12)20-16(21)13-9-5-6-10-14(13)19-18(20,2)17(22)23-3/h4-11,19H,1-3H3/t18-/m0/s1. The van der Waals surface area contributed by atoms with E-state index in [1.807, 2.05) is 37.3 Å². The van der Waals surface area contributed by atoms with Gasteiger partial charge in [-0.1, -0.05) is 30.3 Å². The van der Waals surface area contributed by atoms with Crippen molar-refractivity contribution in [2.45, 2.75) is 19.5 Å². The van der Waals surface area contributed by atoms with Gasteiger partial charge in [-0.05, 0) is 37.6 Å². The van der Waals surface area contributed by atoms with Gasteiger partial charge in [0.25, 0.3) is 5.91 Å². The van der Waals surface area contributed by atoms with Crippen molar-refractivity contribution in [3.8, 4) is 0 Å². The lowest BCUT2D eigenvalue weighted by Crippen LogP contribution is -2.63. The third kappa shape index (κ3) is 2.25. The number of rotatable bonds is 2. The molecule has 0 aliphatic carbocycles. The van der Waals surface area contributed by atoms with Crippen molar-refractivity contribution in [2.24, 2.45) is 0 Å². The molecule has 23 heavy (non-hydrogen) atoms. The third-order valence-corrected chi connectivity index (χ3v) is 4.13. The van der Waals surface area contributed by atoms with Crippen molar-refractivity contribution in [3.63, 3.8) is 0 Å². The molecule has 0 unspecified atom stereocenters. The molecule has 0 spiro atoms. The van der Waals surface area contributed by atoms with Gasteiger partial charge in [-0.2, -0.15) is 0 Å². The number of aryl methyl sites for hydroxylation is 1. The zero-order valence-corrected chi connectivity index (χ0v) is 13.3. The zero-order chi connectivity index (χ0) is 16.6. The number of ether oxygens (including phenoxy) is 1. The maximum atomic E-state index is 13.1. The maximum absolute atomic E-state index is 13.1. The second kappa shape index (κ2) is 5.43. The molecule has 5 heteroatoms. The first kappa shape index (κ1) is 15.1. The van der Waals surface area contributed by atoms with Crippen LogP contribution in [0.15, 0.2) is 48.5 Å². The van der Waals surface area contributed by atoms with Crippen molar-refractivity contribution >= 4 is 23.3 Å². The number of benzene rings is 2. The fraction of sp³-hybridized carbons (Fsp3) is 0.222. The van der Waals surface area contributed by atoms with E-state index in [1.54, 1.807) is 25.1 Å². The van der Waals surface area contributed by atoms with E-state index in [0.717, 1.165) is 5.56 Å². The average Bonchev–Trinajstić information content (AvgIpc) is 2.55. The Bertz CT molecular complexity index is 787. The van der Waals surface area contributed by atoms with E-state index in [9.17, 15) is 9.59 Å². The second-order valence-electron chi connectivity index (χ2n) is 5.66. The van der Waals surface area contributed by atoms with Gasteiger partial charge in [0.2, 0.25) is 5.66 Å². The zero-order valence-electron chi connectivity index (χ0n) is 13.3. The molecule has 2 aromatic carbocycles. The average molecular weight is 310 g/mol. The lowest BCUT2D eigenvalue weighted by molar-refractivity contribution is -0.145. The Morgan fingerprint density at radius 1 is 1.13 bits per heavy atom. The van der Waals surface area contributed by atoms with Crippen LogP contribution >= 0.6 is 0 Å². The van der Waals surface area contributed by atoms with Gasteiger partial charge in [-0.3, -0.25) is 9.69 Å². The van der Waals surface area contributed by atoms with Gasteiger partial charge in [0.15, 0.2) is 0 Å². The van der Waals surface area contributed by atoms with Crippen LogP contribution < -0.4 is 10.2 Å². The van der Waals surface area contributed by atoms with Gasteiger partial charge >= 0.3 is 5.97 Å². The predicted molar refractivity (Wildman–Crippen MR) is 88.5 cm³/mol. The first-order chi connectivity index (χ1) is 11.0. The molecular weight excluding hydrogens is 292 g/mol. The third-order valence-electron chi connectivity index (χ3n) is 4.13. The van der Waals surface area contributed by atoms with Gasteiger partial charge in [0.1, 0.15) is 0 Å². The fourth-order valence-corrected chi connectivity index (χ4v) is 2.93. The van der Waals surface area contributed by atoms with Gasteiger partial charge in [-0.15, -0.1) is 0 Å². The van der Waals surface area contributed by atoms with Crippen LogP contribution in [-0.2, 0) is 9.53 Å². The normalized spacial score (nSPS) is 19.8. The summed E-state index contributed by atoms with van der Waals surface area (Å²) in [6, 6.07) is 14.6. The second-order valence-corrected chi connectivity index (χ2v) is 5.66. The summed E-state index contributed by atoms with van der Waals surface area (Å²) < 4.78 is 4.95. The van der Waals surface area contributed by atoms with E-state index in [0.29, 0.717) is 16.9 Å². The van der Waals surface area contributed by atoms with Crippen LogP contribution in [0.2, 0.25) is 0 Å². The number of carbonyl (C=O) groups excluding carboxylic acids is 2. The number of amides is 1. The molecule has 3 rings (SSSR count). The number of fused-ring (bicyclic) bond motifs is 1. The van der Waals surface area contributed by atoms with Crippen molar-refractivity contribution in [1.82, 2.24) is 0 Å². The van der Waals surface area contributed by atoms with Crippen LogP contribution in [-0.4, -0.2) is 24.6 Å². The minimum atomic E-state index is -1.31. The van der Waals surface area contributed by atoms with Crippen LogP contribution in [0.5, 0.6) is 0 Å².